The van der Waals surface area contributed by atoms with Crippen LogP contribution in [0.3, 0.4) is 0 Å². The predicted octanol–water partition coefficient (Wildman–Crippen LogP) is 5.27. The maximum atomic E-state index is 12.4. The van der Waals surface area contributed by atoms with E-state index in [9.17, 15) is 4.79 Å². The van der Waals surface area contributed by atoms with Gasteiger partial charge in [0.1, 0.15) is 12.4 Å². The summed E-state index contributed by atoms with van der Waals surface area (Å²) in [5, 5.41) is 0. The molecular formula is C22H19NO2S. The van der Waals surface area contributed by atoms with Crippen LogP contribution in [0.1, 0.15) is 22.3 Å². The van der Waals surface area contributed by atoms with Crippen LogP contribution in [-0.4, -0.2) is 4.98 Å². The fourth-order valence-electron chi connectivity index (χ4n) is 3.07. The molecule has 4 heteroatoms. The summed E-state index contributed by atoms with van der Waals surface area (Å²) in [6, 6.07) is 16.0. The normalized spacial score (nSPS) is 11.2. The second-order valence-corrected chi connectivity index (χ2v) is 7.55. The molecule has 1 aliphatic carbocycles. The second-order valence-electron chi connectivity index (χ2n) is 6.50. The van der Waals surface area contributed by atoms with Crippen molar-refractivity contribution in [3.63, 3.8) is 0 Å². The lowest BCUT2D eigenvalue weighted by atomic mass is 10.0. The lowest BCUT2D eigenvalue weighted by Crippen LogP contribution is -2.13. The maximum absolute atomic E-state index is 12.4. The molecule has 26 heavy (non-hydrogen) atoms. The molecule has 0 spiro atoms. The highest BCUT2D eigenvalue weighted by Gasteiger charge is 2.18. The molecule has 4 rings (SSSR count). The summed E-state index contributed by atoms with van der Waals surface area (Å²) >= 11 is 1.61. The summed E-state index contributed by atoms with van der Waals surface area (Å²) in [7, 11) is 0. The van der Waals surface area contributed by atoms with E-state index >= 15 is 0 Å². The minimum Gasteiger partial charge on any atom is -0.489 e. The van der Waals surface area contributed by atoms with E-state index in [-0.39, 0.29) is 5.43 Å². The molecule has 1 heterocycles. The van der Waals surface area contributed by atoms with Crippen molar-refractivity contribution in [1.29, 1.82) is 0 Å². The Morgan fingerprint density at radius 2 is 1.73 bits per heavy atom. The van der Waals surface area contributed by atoms with Gasteiger partial charge in [-0.3, -0.25) is 4.79 Å². The molecule has 0 aromatic heterocycles. The van der Waals surface area contributed by atoms with Crippen LogP contribution < -0.4 is 10.2 Å². The van der Waals surface area contributed by atoms with E-state index in [1.54, 1.807) is 11.3 Å². The smallest absolute Gasteiger partial charge is 0.186 e. The average Bonchev–Trinajstić information content (AvgIpc) is 2.68. The van der Waals surface area contributed by atoms with Crippen molar-refractivity contribution in [1.82, 2.24) is 4.98 Å². The van der Waals surface area contributed by atoms with Gasteiger partial charge < -0.3 is 4.74 Å². The maximum Gasteiger partial charge on any atom is 0.186 e. The summed E-state index contributed by atoms with van der Waals surface area (Å²) < 4.78 is 6.95. The van der Waals surface area contributed by atoms with Crippen LogP contribution in [0.25, 0.3) is 20.8 Å². The average molecular weight is 361 g/mol. The van der Waals surface area contributed by atoms with Crippen molar-refractivity contribution >= 4 is 21.6 Å². The van der Waals surface area contributed by atoms with Crippen molar-refractivity contribution < 1.29 is 4.74 Å². The molecule has 0 fully saturated rings. The van der Waals surface area contributed by atoms with Crippen LogP contribution in [0.2, 0.25) is 0 Å². The van der Waals surface area contributed by atoms with Crippen LogP contribution in [-0.2, 0) is 6.61 Å². The highest BCUT2D eigenvalue weighted by Crippen LogP contribution is 2.36. The number of hydrogen-bond acceptors (Lipinski definition) is 4. The molecule has 2 aliphatic rings. The largest absolute Gasteiger partial charge is 0.489 e. The van der Waals surface area contributed by atoms with Crippen molar-refractivity contribution in [2.45, 2.75) is 27.4 Å². The van der Waals surface area contributed by atoms with E-state index in [1.165, 1.54) is 0 Å². The molecule has 0 N–H and O–H groups in total. The Balaban J connectivity index is 1.77. The summed E-state index contributed by atoms with van der Waals surface area (Å²) in [6.07, 6.45) is 0. The third-order valence-electron chi connectivity index (χ3n) is 4.78. The van der Waals surface area contributed by atoms with Crippen molar-refractivity contribution in [2.75, 3.05) is 0 Å². The lowest BCUT2D eigenvalue weighted by Gasteiger charge is -2.14. The Morgan fingerprint density at radius 3 is 2.50 bits per heavy atom. The van der Waals surface area contributed by atoms with Gasteiger partial charge in [-0.1, -0.05) is 30.3 Å². The second kappa shape index (κ2) is 6.54. The Bertz CT molecular complexity index is 1130. The van der Waals surface area contributed by atoms with Gasteiger partial charge in [-0.25, -0.2) is 4.98 Å². The van der Waals surface area contributed by atoms with Gasteiger partial charge in [-0.05, 0) is 50.1 Å². The van der Waals surface area contributed by atoms with E-state index in [0.717, 1.165) is 48.8 Å². The molecule has 0 unspecified atom stereocenters. The summed E-state index contributed by atoms with van der Waals surface area (Å²) in [4.78, 5) is 18.2. The third-order valence-corrected chi connectivity index (χ3v) is 6.03. The molecule has 0 radical (unpaired) electrons. The van der Waals surface area contributed by atoms with E-state index in [4.69, 9.17) is 9.72 Å². The molecule has 0 saturated heterocycles. The highest BCUT2D eigenvalue weighted by atomic mass is 32.1. The fraction of sp³-hybridized carbons (Fsp3) is 0.182. The van der Waals surface area contributed by atoms with Gasteiger partial charge in [-0.2, -0.15) is 0 Å². The molecule has 1 aliphatic heterocycles. The van der Waals surface area contributed by atoms with Gasteiger partial charge in [0, 0.05) is 11.1 Å². The minimum atomic E-state index is 0.115. The summed E-state index contributed by atoms with van der Waals surface area (Å²) in [5.41, 5.74) is 5.63. The van der Waals surface area contributed by atoms with E-state index in [2.05, 4.69) is 0 Å². The standard InChI is InChI=1S/C22H19NO2S/c1-13-14(2)21(24)15(3)22-20(13)23-18-10-9-17(11-19(18)26-22)25-12-16-7-5-4-6-8-16/h4-11H,12H2,1-3H3. The van der Waals surface area contributed by atoms with Crippen LogP contribution >= 0.6 is 11.3 Å². The SMILES string of the molecule is Cc1c2nc3ccc(OCc4ccccc4)cc3sc-2c(C)c(=O)c1C. The third kappa shape index (κ3) is 2.86. The molecule has 3 nitrogen and oxygen atoms in total. The van der Waals surface area contributed by atoms with Crippen molar-refractivity contribution in [3.05, 3.63) is 81.0 Å². The summed E-state index contributed by atoms with van der Waals surface area (Å²) in [6.45, 7) is 6.26. The fourth-order valence-corrected chi connectivity index (χ4v) is 4.22. The first-order valence-corrected chi connectivity index (χ1v) is 9.37. The lowest BCUT2D eigenvalue weighted by molar-refractivity contribution is 0.306. The van der Waals surface area contributed by atoms with Crippen LogP contribution in [0.15, 0.2) is 53.3 Å². The topological polar surface area (TPSA) is 39.2 Å². The van der Waals surface area contributed by atoms with E-state index < -0.39 is 0 Å². The molecule has 0 amide bonds. The number of benzene rings is 3. The number of fused-ring (bicyclic) bond motifs is 2. The van der Waals surface area contributed by atoms with E-state index in [0.29, 0.717) is 6.61 Å². The number of hydrogen-bond donors (Lipinski definition) is 0. The quantitative estimate of drug-likeness (QED) is 0.467. The Morgan fingerprint density at radius 1 is 0.962 bits per heavy atom. The summed E-state index contributed by atoms with van der Waals surface area (Å²) in [5.74, 6) is 0.808. The highest BCUT2D eigenvalue weighted by molar-refractivity contribution is 7.21. The number of nitrogens with zero attached hydrogens (tertiary/aromatic N) is 1. The first-order chi connectivity index (χ1) is 12.5. The monoisotopic (exact) mass is 361 g/mol. The first-order valence-electron chi connectivity index (χ1n) is 8.55. The first kappa shape index (κ1) is 16.7. The molecular weight excluding hydrogens is 342 g/mol. The van der Waals surface area contributed by atoms with Gasteiger partial charge in [0.25, 0.3) is 0 Å². The molecule has 2 aromatic carbocycles. The van der Waals surface area contributed by atoms with Gasteiger partial charge in [0.15, 0.2) is 5.43 Å². The zero-order valence-electron chi connectivity index (χ0n) is 15.0. The van der Waals surface area contributed by atoms with Gasteiger partial charge in [-0.15, -0.1) is 11.3 Å². The Labute approximate surface area is 156 Å². The predicted molar refractivity (Wildman–Crippen MR) is 107 cm³/mol. The molecule has 0 bridgehead atoms. The van der Waals surface area contributed by atoms with Crippen LogP contribution in [0.5, 0.6) is 5.75 Å². The van der Waals surface area contributed by atoms with Gasteiger partial charge in [0.05, 0.1) is 20.8 Å². The van der Waals surface area contributed by atoms with Crippen molar-refractivity contribution in [2.24, 2.45) is 0 Å². The van der Waals surface area contributed by atoms with Crippen LogP contribution in [0.4, 0.5) is 0 Å². The zero-order chi connectivity index (χ0) is 18.3. The molecule has 0 atom stereocenters. The zero-order valence-corrected chi connectivity index (χ0v) is 15.8. The Hall–Kier alpha value is -2.72. The molecule has 130 valence electrons. The number of ether oxygens (including phenoxy) is 1. The van der Waals surface area contributed by atoms with Crippen molar-refractivity contribution in [3.8, 4) is 16.3 Å². The van der Waals surface area contributed by atoms with E-state index in [1.807, 2.05) is 69.3 Å². The van der Waals surface area contributed by atoms with Gasteiger partial charge >= 0.3 is 0 Å². The number of aromatic nitrogens is 1. The minimum absolute atomic E-state index is 0.115. The van der Waals surface area contributed by atoms with Gasteiger partial charge in [0.2, 0.25) is 0 Å². The van der Waals surface area contributed by atoms with Crippen LogP contribution in [0, 0.1) is 20.8 Å². The Kier molecular flexibility index (Phi) is 4.21. The number of rotatable bonds is 3. The molecule has 0 saturated carbocycles. The molecule has 2 aromatic rings.